The molecule has 0 bridgehead atoms. The number of benzene rings is 1. The number of alkyl halides is 3. The summed E-state index contributed by atoms with van der Waals surface area (Å²) >= 11 is 1.29. The second kappa shape index (κ2) is 9.37. The van der Waals surface area contributed by atoms with Crippen LogP contribution in [0.2, 0.25) is 0 Å². The molecule has 2 amide bonds. The van der Waals surface area contributed by atoms with Gasteiger partial charge in [0, 0.05) is 39.1 Å². The molecule has 0 spiro atoms. The van der Waals surface area contributed by atoms with Gasteiger partial charge in [-0.15, -0.1) is 11.3 Å². The Hall–Kier alpha value is -2.44. The summed E-state index contributed by atoms with van der Waals surface area (Å²) in [6.07, 6.45) is -4.58. The van der Waals surface area contributed by atoms with Crippen molar-refractivity contribution in [3.63, 3.8) is 0 Å². The van der Waals surface area contributed by atoms with Crippen LogP contribution in [0.1, 0.15) is 21.7 Å². The Morgan fingerprint density at radius 1 is 1.06 bits per heavy atom. The zero-order valence-corrected chi connectivity index (χ0v) is 17.9. The Bertz CT molecular complexity index is 1030. The lowest BCUT2D eigenvalue weighted by Crippen LogP contribution is -2.50. The molecule has 2 aromatic rings. The van der Waals surface area contributed by atoms with Crippen molar-refractivity contribution in [1.82, 2.24) is 14.5 Å². The molecular formula is C19H20F3N3O4S2. The van der Waals surface area contributed by atoms with E-state index in [2.05, 4.69) is 5.32 Å². The van der Waals surface area contributed by atoms with Crippen LogP contribution in [0, 0.1) is 0 Å². The molecule has 1 saturated heterocycles. The molecule has 2 heterocycles. The monoisotopic (exact) mass is 475 g/mol. The third-order valence-corrected chi connectivity index (χ3v) is 7.52. The van der Waals surface area contributed by atoms with Crippen molar-refractivity contribution >= 4 is 33.2 Å². The number of carbonyl (C=O) groups is 2. The SMILES string of the molecule is O=C(NCCC(=O)N1CCN(S(=O)(=O)c2cccc(C(F)(F)F)c2)CC1)c1cccs1. The molecule has 0 aliphatic carbocycles. The van der Waals surface area contributed by atoms with Crippen LogP contribution >= 0.6 is 11.3 Å². The molecule has 1 fully saturated rings. The van der Waals surface area contributed by atoms with E-state index in [0.717, 1.165) is 22.5 Å². The predicted molar refractivity (Wildman–Crippen MR) is 108 cm³/mol. The Morgan fingerprint density at radius 2 is 1.77 bits per heavy atom. The third-order valence-electron chi connectivity index (χ3n) is 4.76. The van der Waals surface area contributed by atoms with E-state index in [0.29, 0.717) is 10.9 Å². The number of nitrogens with zero attached hydrogens (tertiary/aromatic N) is 2. The van der Waals surface area contributed by atoms with Crippen LogP contribution in [0.15, 0.2) is 46.7 Å². The van der Waals surface area contributed by atoms with E-state index in [1.165, 1.54) is 16.2 Å². The minimum atomic E-state index is -4.64. The molecule has 0 saturated carbocycles. The van der Waals surface area contributed by atoms with Crippen molar-refractivity contribution < 1.29 is 31.2 Å². The van der Waals surface area contributed by atoms with E-state index in [-0.39, 0.29) is 51.0 Å². The molecule has 12 heteroatoms. The van der Waals surface area contributed by atoms with Crippen molar-refractivity contribution in [2.75, 3.05) is 32.7 Å². The summed E-state index contributed by atoms with van der Waals surface area (Å²) in [5.74, 6) is -0.498. The minimum Gasteiger partial charge on any atom is -0.351 e. The molecule has 1 aromatic heterocycles. The van der Waals surface area contributed by atoms with Crippen LogP contribution in [-0.4, -0.2) is 62.2 Å². The van der Waals surface area contributed by atoms with E-state index in [1.807, 2.05) is 0 Å². The Balaban J connectivity index is 1.52. The van der Waals surface area contributed by atoms with Crippen molar-refractivity contribution in [3.8, 4) is 0 Å². The lowest BCUT2D eigenvalue weighted by Gasteiger charge is -2.34. The molecule has 1 aliphatic rings. The van der Waals surface area contributed by atoms with Crippen LogP contribution in [0.4, 0.5) is 13.2 Å². The molecule has 3 rings (SSSR count). The van der Waals surface area contributed by atoms with Crippen molar-refractivity contribution in [1.29, 1.82) is 0 Å². The number of hydrogen-bond donors (Lipinski definition) is 1. The summed E-state index contributed by atoms with van der Waals surface area (Å²) in [5.41, 5.74) is -1.04. The molecule has 1 aromatic carbocycles. The first-order chi connectivity index (χ1) is 14.6. The summed E-state index contributed by atoms with van der Waals surface area (Å²) in [6.45, 7) is 0.349. The van der Waals surface area contributed by atoms with Crippen LogP contribution < -0.4 is 5.32 Å². The fourth-order valence-corrected chi connectivity index (χ4v) is 5.20. The van der Waals surface area contributed by atoms with Gasteiger partial charge in [0.2, 0.25) is 15.9 Å². The van der Waals surface area contributed by atoms with Gasteiger partial charge in [-0.1, -0.05) is 12.1 Å². The van der Waals surface area contributed by atoms with Gasteiger partial charge in [-0.2, -0.15) is 17.5 Å². The van der Waals surface area contributed by atoms with Crippen LogP contribution in [0.5, 0.6) is 0 Å². The number of nitrogens with one attached hydrogen (secondary N) is 1. The van der Waals surface area contributed by atoms with E-state index >= 15 is 0 Å². The number of thiophene rings is 1. The molecule has 0 unspecified atom stereocenters. The highest BCUT2D eigenvalue weighted by molar-refractivity contribution is 7.89. The van der Waals surface area contributed by atoms with Gasteiger partial charge in [-0.3, -0.25) is 9.59 Å². The predicted octanol–water partition coefficient (Wildman–Crippen LogP) is 2.42. The van der Waals surface area contributed by atoms with Gasteiger partial charge in [-0.05, 0) is 29.6 Å². The van der Waals surface area contributed by atoms with Crippen LogP contribution in [-0.2, 0) is 21.0 Å². The molecule has 0 radical (unpaired) electrons. The van der Waals surface area contributed by atoms with Gasteiger partial charge < -0.3 is 10.2 Å². The van der Waals surface area contributed by atoms with Gasteiger partial charge in [0.1, 0.15) is 0 Å². The molecule has 168 valence electrons. The molecular weight excluding hydrogens is 455 g/mol. The topological polar surface area (TPSA) is 86.8 Å². The summed E-state index contributed by atoms with van der Waals surface area (Å²) in [7, 11) is -4.11. The van der Waals surface area contributed by atoms with E-state index in [9.17, 15) is 31.2 Å². The fraction of sp³-hybridized carbons (Fsp3) is 0.368. The summed E-state index contributed by atoms with van der Waals surface area (Å²) in [4.78, 5) is 25.8. The zero-order valence-electron chi connectivity index (χ0n) is 16.3. The standard InChI is InChI=1S/C19H20F3N3O4S2/c20-19(21,22)14-3-1-4-15(13-14)31(28,29)25-10-8-24(9-11-25)17(26)6-7-23-18(27)16-5-2-12-30-16/h1-5,12-13H,6-11H2,(H,23,27). The number of halogens is 3. The third kappa shape index (κ3) is 5.63. The summed E-state index contributed by atoms with van der Waals surface area (Å²) in [6, 6.07) is 7.03. The van der Waals surface area contributed by atoms with Gasteiger partial charge in [0.15, 0.2) is 0 Å². The first-order valence-electron chi connectivity index (χ1n) is 9.36. The number of carbonyl (C=O) groups excluding carboxylic acids is 2. The maximum atomic E-state index is 12.9. The van der Waals surface area contributed by atoms with Crippen LogP contribution in [0.25, 0.3) is 0 Å². The molecule has 31 heavy (non-hydrogen) atoms. The van der Waals surface area contributed by atoms with Crippen molar-refractivity contribution in [2.45, 2.75) is 17.5 Å². The normalized spacial score (nSPS) is 15.6. The lowest BCUT2D eigenvalue weighted by atomic mass is 10.2. The number of sulfonamides is 1. The molecule has 7 nitrogen and oxygen atoms in total. The average molecular weight is 476 g/mol. The van der Waals surface area contributed by atoms with Gasteiger partial charge in [0.05, 0.1) is 15.3 Å². The minimum absolute atomic E-state index is 0.0220. The smallest absolute Gasteiger partial charge is 0.351 e. The lowest BCUT2D eigenvalue weighted by molar-refractivity contribution is -0.137. The summed E-state index contributed by atoms with van der Waals surface area (Å²) in [5, 5.41) is 4.42. The largest absolute Gasteiger partial charge is 0.416 e. The number of hydrogen-bond acceptors (Lipinski definition) is 5. The van der Waals surface area contributed by atoms with E-state index in [1.54, 1.807) is 17.5 Å². The average Bonchev–Trinajstić information content (AvgIpc) is 3.28. The quantitative estimate of drug-likeness (QED) is 0.695. The molecule has 1 N–H and O–H groups in total. The second-order valence-corrected chi connectivity index (χ2v) is 9.68. The highest BCUT2D eigenvalue weighted by atomic mass is 32.2. The van der Waals surface area contributed by atoms with Crippen LogP contribution in [0.3, 0.4) is 0 Å². The molecule has 0 atom stereocenters. The Morgan fingerprint density at radius 3 is 2.39 bits per heavy atom. The Labute approximate surface area is 181 Å². The second-order valence-electron chi connectivity index (χ2n) is 6.79. The molecule has 1 aliphatic heterocycles. The van der Waals surface area contributed by atoms with Gasteiger partial charge in [0.25, 0.3) is 5.91 Å². The highest BCUT2D eigenvalue weighted by Crippen LogP contribution is 2.31. The maximum absolute atomic E-state index is 12.9. The van der Waals surface area contributed by atoms with Crippen molar-refractivity contribution in [3.05, 3.63) is 52.2 Å². The summed E-state index contributed by atoms with van der Waals surface area (Å²) < 4.78 is 65.2. The van der Waals surface area contributed by atoms with Gasteiger partial charge in [-0.25, -0.2) is 8.42 Å². The Kier molecular flexibility index (Phi) is 7.02. The number of piperazine rings is 1. The number of rotatable bonds is 6. The van der Waals surface area contributed by atoms with E-state index in [4.69, 9.17) is 0 Å². The van der Waals surface area contributed by atoms with E-state index < -0.39 is 26.7 Å². The first kappa shape index (κ1) is 23.2. The fourth-order valence-electron chi connectivity index (χ4n) is 3.10. The van der Waals surface area contributed by atoms with Crippen molar-refractivity contribution in [2.24, 2.45) is 0 Å². The van der Waals surface area contributed by atoms with Gasteiger partial charge >= 0.3 is 6.18 Å². The maximum Gasteiger partial charge on any atom is 0.416 e. The highest BCUT2D eigenvalue weighted by Gasteiger charge is 2.34. The first-order valence-corrected chi connectivity index (χ1v) is 11.7. The zero-order chi connectivity index (χ0) is 22.6. The number of amides is 2.